The minimum atomic E-state index is 0.188. The zero-order valence-electron chi connectivity index (χ0n) is 9.55. The van der Waals surface area contributed by atoms with Gasteiger partial charge in [-0.2, -0.15) is 0 Å². The molecule has 1 amide bonds. The van der Waals surface area contributed by atoms with Crippen LogP contribution in [0.25, 0.3) is 0 Å². The van der Waals surface area contributed by atoms with Crippen molar-refractivity contribution in [3.63, 3.8) is 0 Å². The number of carbonyl (C=O) groups is 1. The van der Waals surface area contributed by atoms with Gasteiger partial charge in [0.25, 0.3) is 0 Å². The maximum Gasteiger partial charge on any atom is 0.225 e. The van der Waals surface area contributed by atoms with Crippen molar-refractivity contribution >= 4 is 5.91 Å². The molecule has 0 aromatic rings. The molecule has 1 aliphatic rings. The van der Waals surface area contributed by atoms with Gasteiger partial charge in [-0.25, -0.2) is 0 Å². The monoisotopic (exact) mass is 198 g/mol. The smallest absolute Gasteiger partial charge is 0.225 e. The van der Waals surface area contributed by atoms with Crippen LogP contribution in [0.1, 0.15) is 27.2 Å². The molecule has 0 aliphatic carbocycles. The fourth-order valence-electron chi connectivity index (χ4n) is 2.00. The molecule has 1 atom stereocenters. The van der Waals surface area contributed by atoms with Crippen LogP contribution in [0, 0.1) is 11.8 Å². The van der Waals surface area contributed by atoms with E-state index in [0.29, 0.717) is 11.8 Å². The predicted octanol–water partition coefficient (Wildman–Crippen LogP) is 1.10. The SMILES string of the molecule is CC(C)CC(C)C(=O)N1CCNCC1. The fourth-order valence-corrected chi connectivity index (χ4v) is 2.00. The van der Waals surface area contributed by atoms with Gasteiger partial charge >= 0.3 is 0 Å². The first-order chi connectivity index (χ1) is 6.61. The molecule has 82 valence electrons. The minimum absolute atomic E-state index is 0.188. The first-order valence-electron chi connectivity index (χ1n) is 5.60. The van der Waals surface area contributed by atoms with E-state index in [4.69, 9.17) is 0 Å². The lowest BCUT2D eigenvalue weighted by Gasteiger charge is -2.30. The van der Waals surface area contributed by atoms with Gasteiger partial charge in [0.2, 0.25) is 5.91 Å². The van der Waals surface area contributed by atoms with Crippen LogP contribution in [0.15, 0.2) is 0 Å². The molecule has 1 unspecified atom stereocenters. The van der Waals surface area contributed by atoms with Gasteiger partial charge in [-0.15, -0.1) is 0 Å². The van der Waals surface area contributed by atoms with Crippen LogP contribution in [-0.4, -0.2) is 37.0 Å². The van der Waals surface area contributed by atoms with Crippen LogP contribution in [0.2, 0.25) is 0 Å². The minimum Gasteiger partial charge on any atom is -0.340 e. The average Bonchev–Trinajstić information content (AvgIpc) is 2.17. The van der Waals surface area contributed by atoms with Crippen molar-refractivity contribution in [3.05, 3.63) is 0 Å². The van der Waals surface area contributed by atoms with Gasteiger partial charge in [0.05, 0.1) is 0 Å². The highest BCUT2D eigenvalue weighted by Gasteiger charge is 2.22. The van der Waals surface area contributed by atoms with Crippen LogP contribution in [0.5, 0.6) is 0 Å². The molecule has 3 heteroatoms. The Bertz CT molecular complexity index is 186. The van der Waals surface area contributed by atoms with Gasteiger partial charge in [0.1, 0.15) is 0 Å². The summed E-state index contributed by atoms with van der Waals surface area (Å²) in [6, 6.07) is 0. The Morgan fingerprint density at radius 2 is 1.86 bits per heavy atom. The molecule has 1 aliphatic heterocycles. The van der Waals surface area contributed by atoms with Crippen molar-refractivity contribution in [2.24, 2.45) is 11.8 Å². The number of hydrogen-bond donors (Lipinski definition) is 1. The van der Waals surface area contributed by atoms with E-state index in [1.807, 2.05) is 11.8 Å². The zero-order chi connectivity index (χ0) is 10.6. The second-order valence-corrected chi connectivity index (χ2v) is 4.61. The lowest BCUT2D eigenvalue weighted by Crippen LogP contribution is -2.48. The Hall–Kier alpha value is -0.570. The van der Waals surface area contributed by atoms with Gasteiger partial charge in [-0.1, -0.05) is 20.8 Å². The summed E-state index contributed by atoms with van der Waals surface area (Å²) in [6.45, 7) is 10.0. The molecular weight excluding hydrogens is 176 g/mol. The van der Waals surface area contributed by atoms with E-state index in [9.17, 15) is 4.79 Å². The van der Waals surface area contributed by atoms with Gasteiger partial charge < -0.3 is 10.2 Å². The molecule has 1 fully saturated rings. The lowest BCUT2D eigenvalue weighted by molar-refractivity contribution is -0.136. The number of rotatable bonds is 3. The second kappa shape index (κ2) is 5.35. The molecule has 1 heterocycles. The van der Waals surface area contributed by atoms with Gasteiger partial charge in [0.15, 0.2) is 0 Å². The number of nitrogens with one attached hydrogen (secondary N) is 1. The first-order valence-corrected chi connectivity index (χ1v) is 5.60. The van der Waals surface area contributed by atoms with Gasteiger partial charge in [0, 0.05) is 32.1 Å². The van der Waals surface area contributed by atoms with E-state index >= 15 is 0 Å². The normalized spacial score (nSPS) is 19.9. The summed E-state index contributed by atoms with van der Waals surface area (Å²) in [5.41, 5.74) is 0. The number of hydrogen-bond acceptors (Lipinski definition) is 2. The van der Waals surface area contributed by atoms with Gasteiger partial charge in [-0.3, -0.25) is 4.79 Å². The zero-order valence-corrected chi connectivity index (χ0v) is 9.55. The Morgan fingerprint density at radius 3 is 2.36 bits per heavy atom. The van der Waals surface area contributed by atoms with Crippen molar-refractivity contribution in [2.75, 3.05) is 26.2 Å². The molecule has 0 radical (unpaired) electrons. The summed E-state index contributed by atoms with van der Waals surface area (Å²) in [5, 5.41) is 3.26. The molecule has 3 nitrogen and oxygen atoms in total. The van der Waals surface area contributed by atoms with E-state index in [1.165, 1.54) is 0 Å². The summed E-state index contributed by atoms with van der Waals surface area (Å²) in [7, 11) is 0. The summed E-state index contributed by atoms with van der Waals surface area (Å²) >= 11 is 0. The third-order valence-corrected chi connectivity index (χ3v) is 2.68. The molecule has 0 aromatic carbocycles. The third-order valence-electron chi connectivity index (χ3n) is 2.68. The average molecular weight is 198 g/mol. The Balaban J connectivity index is 2.38. The number of piperazine rings is 1. The molecule has 1 rings (SSSR count). The predicted molar refractivity (Wildman–Crippen MR) is 58.1 cm³/mol. The molecule has 0 spiro atoms. The van der Waals surface area contributed by atoms with Crippen LogP contribution < -0.4 is 5.32 Å². The summed E-state index contributed by atoms with van der Waals surface area (Å²) in [4.78, 5) is 13.9. The quantitative estimate of drug-likeness (QED) is 0.736. The maximum absolute atomic E-state index is 11.9. The first kappa shape index (κ1) is 11.5. The van der Waals surface area contributed by atoms with E-state index in [0.717, 1.165) is 32.6 Å². The van der Waals surface area contributed by atoms with Crippen LogP contribution in [0.4, 0.5) is 0 Å². The van der Waals surface area contributed by atoms with Crippen molar-refractivity contribution in [2.45, 2.75) is 27.2 Å². The number of nitrogens with zero attached hydrogens (tertiary/aromatic N) is 1. The summed E-state index contributed by atoms with van der Waals surface area (Å²) in [6.07, 6.45) is 1.00. The highest BCUT2D eigenvalue weighted by Crippen LogP contribution is 2.14. The van der Waals surface area contributed by atoms with E-state index in [2.05, 4.69) is 19.2 Å². The molecule has 1 saturated heterocycles. The van der Waals surface area contributed by atoms with Crippen molar-refractivity contribution in [3.8, 4) is 0 Å². The Kier molecular flexibility index (Phi) is 4.39. The molecule has 1 N–H and O–H groups in total. The lowest BCUT2D eigenvalue weighted by atomic mass is 9.97. The standard InChI is InChI=1S/C11H22N2O/c1-9(2)8-10(3)11(14)13-6-4-12-5-7-13/h9-10,12H,4-8H2,1-3H3. The van der Waals surface area contributed by atoms with Crippen LogP contribution in [-0.2, 0) is 4.79 Å². The number of carbonyl (C=O) groups excluding carboxylic acids is 1. The fraction of sp³-hybridized carbons (Fsp3) is 0.909. The van der Waals surface area contributed by atoms with Crippen molar-refractivity contribution < 1.29 is 4.79 Å². The second-order valence-electron chi connectivity index (χ2n) is 4.61. The third kappa shape index (κ3) is 3.29. The summed E-state index contributed by atoms with van der Waals surface area (Å²) < 4.78 is 0. The maximum atomic E-state index is 11.9. The molecule has 0 aromatic heterocycles. The number of amides is 1. The Morgan fingerprint density at radius 1 is 1.29 bits per heavy atom. The van der Waals surface area contributed by atoms with Crippen LogP contribution >= 0.6 is 0 Å². The van der Waals surface area contributed by atoms with Crippen molar-refractivity contribution in [1.82, 2.24) is 10.2 Å². The van der Waals surface area contributed by atoms with E-state index in [1.54, 1.807) is 0 Å². The Labute approximate surface area is 86.9 Å². The van der Waals surface area contributed by atoms with Crippen molar-refractivity contribution in [1.29, 1.82) is 0 Å². The highest BCUT2D eigenvalue weighted by atomic mass is 16.2. The summed E-state index contributed by atoms with van der Waals surface area (Å²) in [5.74, 6) is 1.13. The highest BCUT2D eigenvalue weighted by molar-refractivity contribution is 5.78. The van der Waals surface area contributed by atoms with E-state index in [-0.39, 0.29) is 5.92 Å². The topological polar surface area (TPSA) is 32.3 Å². The molecule has 14 heavy (non-hydrogen) atoms. The van der Waals surface area contributed by atoms with Crippen LogP contribution in [0.3, 0.4) is 0 Å². The largest absolute Gasteiger partial charge is 0.340 e. The molecular formula is C11H22N2O. The van der Waals surface area contributed by atoms with E-state index < -0.39 is 0 Å². The van der Waals surface area contributed by atoms with Gasteiger partial charge in [-0.05, 0) is 12.3 Å². The molecule has 0 bridgehead atoms. The molecule has 0 saturated carbocycles.